The van der Waals surface area contributed by atoms with Crippen molar-refractivity contribution in [2.45, 2.75) is 204 Å². The third-order valence-corrected chi connectivity index (χ3v) is 19.6. The second-order valence-electron chi connectivity index (χ2n) is 23.1. The summed E-state index contributed by atoms with van der Waals surface area (Å²) in [5, 5.41) is 142. The number of esters is 1. The van der Waals surface area contributed by atoms with E-state index >= 15 is 4.79 Å². The van der Waals surface area contributed by atoms with Crippen LogP contribution in [0, 0.1) is 56.7 Å². The van der Waals surface area contributed by atoms with E-state index in [-0.39, 0.29) is 30.1 Å². The number of aliphatic hydroxyl groups is 13. The van der Waals surface area contributed by atoms with E-state index in [0.29, 0.717) is 38.5 Å². The van der Waals surface area contributed by atoms with Crippen LogP contribution in [0.3, 0.4) is 0 Å². The van der Waals surface area contributed by atoms with Crippen molar-refractivity contribution in [1.29, 1.82) is 0 Å². The van der Waals surface area contributed by atoms with Crippen LogP contribution < -0.4 is 0 Å². The van der Waals surface area contributed by atoms with Crippen molar-refractivity contribution in [3.8, 4) is 0 Å². The third kappa shape index (κ3) is 7.89. The first kappa shape index (κ1) is 52.8. The van der Waals surface area contributed by atoms with Crippen LogP contribution in [-0.4, -0.2) is 203 Å². The minimum atomic E-state index is -1.89. The maximum atomic E-state index is 15.0. The van der Waals surface area contributed by atoms with Gasteiger partial charge in [0.2, 0.25) is 6.29 Å². The second kappa shape index (κ2) is 18.8. The van der Waals surface area contributed by atoms with Gasteiger partial charge in [-0.3, -0.25) is 4.79 Å². The molecule has 0 aromatic rings. The monoisotopic (exact) mass is 975 g/mol. The Labute approximate surface area is 396 Å². The number of carbonyl (C=O) groups is 1. The van der Waals surface area contributed by atoms with Crippen molar-refractivity contribution in [2.75, 3.05) is 19.8 Å². The molecule has 3 saturated heterocycles. The number of ether oxygens (including phenoxy) is 6. The topological polar surface area (TPSA) is 335 Å². The molecule has 20 heteroatoms. The zero-order valence-electron chi connectivity index (χ0n) is 40.1. The Morgan fingerprint density at radius 1 is 0.706 bits per heavy atom. The van der Waals surface area contributed by atoms with E-state index in [4.69, 9.17) is 28.4 Å². The zero-order valence-corrected chi connectivity index (χ0v) is 40.1. The standard InChI is InChI=1S/C48H78O20/c1-19-10-11-48(13-12-46(6)22(28(48)20(19)2)8-9-27-44(4)14-24(52)39(61)45(5,18-50)38(44)23(51)15-47(27,46)7)43(62)68-42-35(59)32(56)30(54)26(66-42)17-63-40-36(60)33(57)37(25(16-49)65-40)67-41-34(58)31(55)29(53)21(3)64-41/h8,19-21,23-42,49-61H,9-18H2,1-7H3/t19-,20-,21-,23-,24+,25-,26+,27-,28+,29-,30+,31+,32-,33-,34+,35+,36+,37-,38-,39+,40-,41+,42-,44+,45+,46+,47+,48-/m1/s1. The Morgan fingerprint density at radius 3 is 2.00 bits per heavy atom. The van der Waals surface area contributed by atoms with Crippen LogP contribution >= 0.6 is 0 Å². The van der Waals surface area contributed by atoms with Gasteiger partial charge in [-0.1, -0.05) is 53.2 Å². The van der Waals surface area contributed by atoms with Crippen LogP contribution in [0.2, 0.25) is 0 Å². The van der Waals surface area contributed by atoms with Crippen LogP contribution in [0.5, 0.6) is 0 Å². The van der Waals surface area contributed by atoms with Crippen molar-refractivity contribution >= 4 is 5.97 Å². The van der Waals surface area contributed by atoms with Gasteiger partial charge in [0.05, 0.1) is 49.7 Å². The Hall–Kier alpha value is -1.51. The van der Waals surface area contributed by atoms with E-state index in [1.807, 2.05) is 0 Å². The third-order valence-electron chi connectivity index (χ3n) is 19.6. The van der Waals surface area contributed by atoms with Crippen molar-refractivity contribution < 1.29 is 99.6 Å². The Balaban J connectivity index is 0.994. The van der Waals surface area contributed by atoms with Gasteiger partial charge in [0.15, 0.2) is 12.6 Å². The molecule has 0 aromatic carbocycles. The van der Waals surface area contributed by atoms with Gasteiger partial charge in [-0.15, -0.1) is 0 Å². The molecule has 0 unspecified atom stereocenters. The summed E-state index contributed by atoms with van der Waals surface area (Å²) < 4.78 is 34.6. The highest BCUT2D eigenvalue weighted by molar-refractivity contribution is 5.79. The highest BCUT2D eigenvalue weighted by Gasteiger charge is 2.73. The molecule has 3 heterocycles. The molecule has 5 aliphatic carbocycles. The molecular weight excluding hydrogens is 897 g/mol. The van der Waals surface area contributed by atoms with Gasteiger partial charge in [0.1, 0.15) is 67.1 Å². The number of carbonyl (C=O) groups excluding carboxylic acids is 1. The Bertz CT molecular complexity index is 1860. The molecule has 7 fully saturated rings. The predicted molar refractivity (Wildman–Crippen MR) is 233 cm³/mol. The van der Waals surface area contributed by atoms with E-state index in [9.17, 15) is 66.4 Å². The smallest absolute Gasteiger partial charge is 0.315 e. The molecule has 390 valence electrons. The van der Waals surface area contributed by atoms with Gasteiger partial charge in [0.25, 0.3) is 0 Å². The van der Waals surface area contributed by atoms with Crippen LogP contribution in [0.15, 0.2) is 11.6 Å². The molecule has 8 aliphatic rings. The first-order chi connectivity index (χ1) is 31.8. The normalized spacial score (nSPS) is 57.1. The summed E-state index contributed by atoms with van der Waals surface area (Å²) in [5.74, 6) is -1.31. The molecule has 0 radical (unpaired) electrons. The van der Waals surface area contributed by atoms with E-state index in [2.05, 4.69) is 40.7 Å². The van der Waals surface area contributed by atoms with Gasteiger partial charge in [-0.25, -0.2) is 0 Å². The maximum Gasteiger partial charge on any atom is 0.315 e. The largest absolute Gasteiger partial charge is 0.432 e. The second-order valence-corrected chi connectivity index (χ2v) is 23.1. The van der Waals surface area contributed by atoms with Crippen molar-refractivity contribution in [3.63, 3.8) is 0 Å². The lowest BCUT2D eigenvalue weighted by molar-refractivity contribution is -0.361. The zero-order chi connectivity index (χ0) is 50.0. The average molecular weight is 975 g/mol. The van der Waals surface area contributed by atoms with E-state index in [0.717, 1.165) is 5.57 Å². The fourth-order valence-corrected chi connectivity index (χ4v) is 15.4. The van der Waals surface area contributed by atoms with Crippen LogP contribution in [0.25, 0.3) is 0 Å². The number of aliphatic hydroxyl groups excluding tert-OH is 13. The number of allylic oxidation sites excluding steroid dienone is 2. The number of hydrogen-bond donors (Lipinski definition) is 13. The summed E-state index contributed by atoms with van der Waals surface area (Å²) in [6, 6.07) is 0. The summed E-state index contributed by atoms with van der Waals surface area (Å²) >= 11 is 0. The predicted octanol–water partition coefficient (Wildman–Crippen LogP) is -2.06. The molecule has 4 saturated carbocycles. The van der Waals surface area contributed by atoms with Crippen molar-refractivity contribution in [2.24, 2.45) is 56.7 Å². The Morgan fingerprint density at radius 2 is 1.34 bits per heavy atom. The van der Waals surface area contributed by atoms with Gasteiger partial charge in [-0.05, 0) is 91.8 Å². The van der Waals surface area contributed by atoms with E-state index in [1.165, 1.54) is 6.92 Å². The minimum absolute atomic E-state index is 0.0115. The quantitative estimate of drug-likeness (QED) is 0.0873. The van der Waals surface area contributed by atoms with Gasteiger partial charge < -0.3 is 94.8 Å². The highest BCUT2D eigenvalue weighted by Crippen LogP contribution is 2.76. The highest BCUT2D eigenvalue weighted by atomic mass is 16.8. The summed E-state index contributed by atoms with van der Waals surface area (Å²) in [7, 11) is 0. The van der Waals surface area contributed by atoms with Crippen LogP contribution in [0.1, 0.15) is 93.4 Å². The van der Waals surface area contributed by atoms with E-state index < -0.39 is 169 Å². The first-order valence-electron chi connectivity index (χ1n) is 24.6. The molecule has 28 atom stereocenters. The van der Waals surface area contributed by atoms with E-state index in [1.54, 1.807) is 6.92 Å². The van der Waals surface area contributed by atoms with Gasteiger partial charge in [0, 0.05) is 11.3 Å². The molecule has 0 aromatic heterocycles. The number of hydrogen-bond acceptors (Lipinski definition) is 20. The number of fused-ring (bicyclic) bond motifs is 7. The lowest BCUT2D eigenvalue weighted by Crippen LogP contribution is -2.71. The lowest BCUT2D eigenvalue weighted by Gasteiger charge is -2.72. The van der Waals surface area contributed by atoms with Gasteiger partial charge >= 0.3 is 5.97 Å². The molecule has 8 rings (SSSR count). The maximum absolute atomic E-state index is 15.0. The molecule has 0 spiro atoms. The lowest BCUT2D eigenvalue weighted by atomic mass is 9.32. The SMILES string of the molecule is C[C@@H]1[C@H](C)CC[C@@]2(C(=O)O[C@H]3O[C@@H](CO[C@@H]4O[C@H](CO)[C@@H](O[C@@H]5O[C@H](C)[C@@H](O)[C@H](O)[C@@H]5O)[C@H](O)[C@@H]4O)[C@H](O)[C@@H](O)[C@@H]3O)CC[C@@]3(C)C(=CC[C@@H]4[C@]5(C)C[C@H](O)[C@H](O)[C@@](C)(CO)[C@@H]5[C@H](O)C[C@@]43C)[C@H]12. The summed E-state index contributed by atoms with van der Waals surface area (Å²) in [4.78, 5) is 15.0. The van der Waals surface area contributed by atoms with Crippen LogP contribution in [-0.2, 0) is 33.2 Å². The minimum Gasteiger partial charge on any atom is -0.432 e. The van der Waals surface area contributed by atoms with Gasteiger partial charge in [-0.2, -0.15) is 0 Å². The summed E-state index contributed by atoms with van der Waals surface area (Å²) in [5.41, 5.74) is -2.84. The molecule has 0 bridgehead atoms. The molecule has 68 heavy (non-hydrogen) atoms. The Kier molecular flexibility index (Phi) is 14.6. The summed E-state index contributed by atoms with van der Waals surface area (Å²) in [6.45, 7) is 12.1. The molecule has 3 aliphatic heterocycles. The average Bonchev–Trinajstić information content (AvgIpc) is 3.29. The fraction of sp³-hybridized carbons (Fsp3) is 0.938. The number of rotatable bonds is 9. The molecule has 0 amide bonds. The molecule has 13 N–H and O–H groups in total. The van der Waals surface area contributed by atoms with Crippen molar-refractivity contribution in [3.05, 3.63) is 11.6 Å². The summed E-state index contributed by atoms with van der Waals surface area (Å²) in [6.07, 6.45) is -22.3. The molecular formula is C48H78O20. The van der Waals surface area contributed by atoms with Crippen molar-refractivity contribution in [1.82, 2.24) is 0 Å². The first-order valence-corrected chi connectivity index (χ1v) is 24.6. The van der Waals surface area contributed by atoms with Crippen LogP contribution in [0.4, 0.5) is 0 Å². The fourth-order valence-electron chi connectivity index (χ4n) is 15.4. The molecule has 20 nitrogen and oxygen atoms in total.